The normalized spacial score (nSPS) is 14.2. The lowest BCUT2D eigenvalue weighted by atomic mass is 10.1. The van der Waals surface area contributed by atoms with Crippen LogP contribution in [-0.4, -0.2) is 68.4 Å². The summed E-state index contributed by atoms with van der Waals surface area (Å²) < 4.78 is 10.6. The maximum Gasteiger partial charge on any atom is 0.162 e. The first-order valence-corrected chi connectivity index (χ1v) is 12.0. The lowest BCUT2D eigenvalue weighted by molar-refractivity contribution is 0.267. The Hall–Kier alpha value is -3.84. The summed E-state index contributed by atoms with van der Waals surface area (Å²) in [5.74, 6) is 3.30. The van der Waals surface area contributed by atoms with Crippen LogP contribution >= 0.6 is 0 Å². The van der Waals surface area contributed by atoms with Gasteiger partial charge in [-0.2, -0.15) is 0 Å². The summed E-state index contributed by atoms with van der Waals surface area (Å²) in [6.45, 7) is 5.90. The van der Waals surface area contributed by atoms with Gasteiger partial charge >= 0.3 is 0 Å². The summed E-state index contributed by atoms with van der Waals surface area (Å²) in [7, 11) is 3.37. The van der Waals surface area contributed by atoms with Crippen molar-refractivity contribution in [1.29, 1.82) is 0 Å². The van der Waals surface area contributed by atoms with Crippen LogP contribution in [0.2, 0.25) is 0 Å². The topological polar surface area (TPSA) is 62.8 Å². The van der Waals surface area contributed by atoms with Crippen molar-refractivity contribution < 1.29 is 9.47 Å². The molecule has 0 radical (unpaired) electrons. The second kappa shape index (κ2) is 10.6. The fraction of sp³-hybridized carbons (Fsp3) is 0.286. The molecule has 0 aliphatic carbocycles. The summed E-state index contributed by atoms with van der Waals surface area (Å²) >= 11 is 0. The molecule has 35 heavy (non-hydrogen) atoms. The second-order valence-electron chi connectivity index (χ2n) is 8.59. The molecule has 7 nitrogen and oxygen atoms in total. The number of ether oxygens (including phenoxy) is 2. The van der Waals surface area contributed by atoms with E-state index < -0.39 is 0 Å². The predicted molar refractivity (Wildman–Crippen MR) is 142 cm³/mol. The number of piperazine rings is 1. The van der Waals surface area contributed by atoms with Gasteiger partial charge in [0.2, 0.25) is 0 Å². The fourth-order valence-electron chi connectivity index (χ4n) is 4.44. The van der Waals surface area contributed by atoms with Gasteiger partial charge in [0, 0.05) is 55.9 Å². The van der Waals surface area contributed by atoms with Crippen LogP contribution in [-0.2, 0) is 0 Å². The number of para-hydroxylation sites is 1. The van der Waals surface area contributed by atoms with E-state index in [9.17, 15) is 0 Å². The molecule has 0 atom stereocenters. The highest BCUT2D eigenvalue weighted by atomic mass is 16.5. The third-order valence-electron chi connectivity index (χ3n) is 6.48. The molecular weight excluding hydrogens is 438 g/mol. The molecule has 1 saturated heterocycles. The minimum Gasteiger partial charge on any atom is -0.497 e. The molecular formula is C28H31N5O2. The van der Waals surface area contributed by atoms with Gasteiger partial charge in [-0.3, -0.25) is 4.90 Å². The average Bonchev–Trinajstić information content (AvgIpc) is 2.93. The van der Waals surface area contributed by atoms with Gasteiger partial charge < -0.3 is 19.7 Å². The highest BCUT2D eigenvalue weighted by Crippen LogP contribution is 2.26. The van der Waals surface area contributed by atoms with E-state index in [0.717, 1.165) is 73.1 Å². The van der Waals surface area contributed by atoms with Crippen molar-refractivity contribution in [1.82, 2.24) is 14.9 Å². The molecule has 4 aromatic rings. The zero-order valence-electron chi connectivity index (χ0n) is 20.3. The quantitative estimate of drug-likeness (QED) is 0.406. The van der Waals surface area contributed by atoms with Gasteiger partial charge in [-0.15, -0.1) is 0 Å². The lowest BCUT2D eigenvalue weighted by Gasteiger charge is -2.36. The Bertz CT molecular complexity index is 1250. The van der Waals surface area contributed by atoms with Crippen molar-refractivity contribution in [3.8, 4) is 22.9 Å². The summed E-state index contributed by atoms with van der Waals surface area (Å²) in [5, 5.41) is 4.61. The van der Waals surface area contributed by atoms with Crippen molar-refractivity contribution in [2.75, 3.05) is 63.7 Å². The zero-order chi connectivity index (χ0) is 24.0. The van der Waals surface area contributed by atoms with Gasteiger partial charge in [-0.05, 0) is 60.7 Å². The molecule has 1 fully saturated rings. The molecule has 7 heteroatoms. The number of methoxy groups -OCH3 is 2. The minimum absolute atomic E-state index is 0.710. The molecule has 0 saturated carbocycles. The van der Waals surface area contributed by atoms with Crippen LogP contribution in [0, 0.1) is 0 Å². The van der Waals surface area contributed by atoms with E-state index in [2.05, 4.69) is 33.3 Å². The smallest absolute Gasteiger partial charge is 0.162 e. The Kier molecular flexibility index (Phi) is 6.95. The van der Waals surface area contributed by atoms with Gasteiger partial charge in [0.1, 0.15) is 17.3 Å². The number of benzene rings is 3. The Balaban J connectivity index is 1.22. The minimum atomic E-state index is 0.710. The van der Waals surface area contributed by atoms with Crippen molar-refractivity contribution in [2.45, 2.75) is 0 Å². The molecule has 1 aliphatic heterocycles. The van der Waals surface area contributed by atoms with Crippen molar-refractivity contribution >= 4 is 22.4 Å². The van der Waals surface area contributed by atoms with Crippen LogP contribution < -0.4 is 19.7 Å². The molecule has 1 aliphatic rings. The molecule has 3 aromatic carbocycles. The molecule has 5 rings (SSSR count). The lowest BCUT2D eigenvalue weighted by Crippen LogP contribution is -2.47. The molecule has 0 unspecified atom stereocenters. The van der Waals surface area contributed by atoms with Gasteiger partial charge in [0.25, 0.3) is 0 Å². The van der Waals surface area contributed by atoms with E-state index in [1.165, 1.54) is 5.69 Å². The Morgan fingerprint density at radius 3 is 2.11 bits per heavy atom. The van der Waals surface area contributed by atoms with E-state index in [-0.39, 0.29) is 0 Å². The molecule has 180 valence electrons. The number of nitrogens with zero attached hydrogens (tertiary/aromatic N) is 4. The van der Waals surface area contributed by atoms with Crippen molar-refractivity contribution in [3.05, 3.63) is 72.8 Å². The van der Waals surface area contributed by atoms with Crippen molar-refractivity contribution in [2.24, 2.45) is 0 Å². The van der Waals surface area contributed by atoms with Crippen LogP contribution in [0.3, 0.4) is 0 Å². The number of hydrogen-bond acceptors (Lipinski definition) is 7. The monoisotopic (exact) mass is 469 g/mol. The van der Waals surface area contributed by atoms with E-state index in [0.29, 0.717) is 5.82 Å². The molecule has 0 spiro atoms. The predicted octanol–water partition coefficient (Wildman–Crippen LogP) is 4.55. The van der Waals surface area contributed by atoms with Crippen LogP contribution in [0.15, 0.2) is 72.8 Å². The third-order valence-corrected chi connectivity index (χ3v) is 6.48. The molecule has 0 bridgehead atoms. The number of hydrogen-bond donors (Lipinski definition) is 1. The maximum atomic E-state index is 5.28. The molecule has 0 amide bonds. The van der Waals surface area contributed by atoms with E-state index in [1.807, 2.05) is 54.6 Å². The molecule has 1 aromatic heterocycles. The SMILES string of the molecule is COc1ccc(-c2nc(NCCN3CCN(c4ccc(OC)cc4)CC3)c3ccccc3n2)cc1. The Morgan fingerprint density at radius 1 is 0.771 bits per heavy atom. The Labute approximate surface area is 206 Å². The summed E-state index contributed by atoms with van der Waals surface area (Å²) in [5.41, 5.74) is 3.15. The largest absolute Gasteiger partial charge is 0.497 e. The van der Waals surface area contributed by atoms with Gasteiger partial charge in [-0.25, -0.2) is 9.97 Å². The average molecular weight is 470 g/mol. The number of anilines is 2. The third kappa shape index (κ3) is 5.30. The van der Waals surface area contributed by atoms with E-state index in [1.54, 1.807) is 14.2 Å². The summed E-state index contributed by atoms with van der Waals surface area (Å²) in [6.07, 6.45) is 0. The number of aromatic nitrogens is 2. The second-order valence-corrected chi connectivity index (χ2v) is 8.59. The van der Waals surface area contributed by atoms with Gasteiger partial charge in [0.05, 0.1) is 19.7 Å². The standard InChI is InChI=1S/C28H31N5O2/c1-34-23-11-7-21(8-12-23)27-30-26-6-4-3-5-25(26)28(31-27)29-15-16-32-17-19-33(20-18-32)22-9-13-24(35-2)14-10-22/h3-14H,15-20H2,1-2H3,(H,29,30,31). The highest BCUT2D eigenvalue weighted by molar-refractivity contribution is 5.90. The van der Waals surface area contributed by atoms with Crippen LogP contribution in [0.25, 0.3) is 22.3 Å². The van der Waals surface area contributed by atoms with Crippen LogP contribution in [0.5, 0.6) is 11.5 Å². The Morgan fingerprint density at radius 2 is 1.43 bits per heavy atom. The number of fused-ring (bicyclic) bond motifs is 1. The first kappa shape index (κ1) is 22.9. The van der Waals surface area contributed by atoms with Crippen LogP contribution in [0.1, 0.15) is 0 Å². The summed E-state index contributed by atoms with van der Waals surface area (Å²) in [4.78, 5) is 14.6. The van der Waals surface area contributed by atoms with E-state index in [4.69, 9.17) is 19.4 Å². The first-order chi connectivity index (χ1) is 17.2. The zero-order valence-corrected chi connectivity index (χ0v) is 20.3. The molecule has 1 N–H and O–H groups in total. The van der Waals surface area contributed by atoms with Crippen LogP contribution in [0.4, 0.5) is 11.5 Å². The van der Waals surface area contributed by atoms with E-state index >= 15 is 0 Å². The first-order valence-electron chi connectivity index (χ1n) is 12.0. The number of rotatable bonds is 8. The molecule has 2 heterocycles. The van der Waals surface area contributed by atoms with Gasteiger partial charge in [-0.1, -0.05) is 12.1 Å². The maximum absolute atomic E-state index is 5.28. The van der Waals surface area contributed by atoms with Gasteiger partial charge in [0.15, 0.2) is 5.82 Å². The fourth-order valence-corrected chi connectivity index (χ4v) is 4.44. The number of nitrogens with one attached hydrogen (secondary N) is 1. The highest BCUT2D eigenvalue weighted by Gasteiger charge is 2.17. The summed E-state index contributed by atoms with van der Waals surface area (Å²) in [6, 6.07) is 24.3. The van der Waals surface area contributed by atoms with Crippen molar-refractivity contribution in [3.63, 3.8) is 0 Å².